The Bertz CT molecular complexity index is 484. The molecular weight excluding hydrogens is 258 g/mol. The average molecular weight is 277 g/mol. The fourth-order valence-electron chi connectivity index (χ4n) is 2.13. The Kier molecular flexibility index (Phi) is 4.95. The highest BCUT2D eigenvalue weighted by Gasteiger charge is 2.16. The van der Waals surface area contributed by atoms with Crippen molar-refractivity contribution in [3.8, 4) is 5.75 Å². The Morgan fingerprint density at radius 2 is 2.30 bits per heavy atom. The van der Waals surface area contributed by atoms with Gasteiger partial charge in [0.25, 0.3) is 11.8 Å². The van der Waals surface area contributed by atoms with E-state index >= 15 is 0 Å². The van der Waals surface area contributed by atoms with Gasteiger partial charge in [-0.2, -0.15) is 0 Å². The van der Waals surface area contributed by atoms with Crippen LogP contribution in [0.3, 0.4) is 0 Å². The van der Waals surface area contributed by atoms with Crippen LogP contribution in [0.1, 0.15) is 23.2 Å². The fourth-order valence-corrected chi connectivity index (χ4v) is 2.13. The maximum atomic E-state index is 12.1. The molecule has 20 heavy (non-hydrogen) atoms. The zero-order valence-electron chi connectivity index (χ0n) is 11.2. The van der Waals surface area contributed by atoms with Crippen LogP contribution >= 0.6 is 0 Å². The Morgan fingerprint density at radius 3 is 3.00 bits per heavy atom. The molecule has 0 radical (unpaired) electrons. The van der Waals surface area contributed by atoms with E-state index in [4.69, 9.17) is 10.5 Å². The molecule has 4 N–H and O–H groups in total. The fraction of sp³-hybridized carbons (Fsp3) is 0.429. The van der Waals surface area contributed by atoms with Crippen LogP contribution in [0.15, 0.2) is 24.3 Å². The molecule has 6 nitrogen and oxygen atoms in total. The second kappa shape index (κ2) is 6.91. The van der Waals surface area contributed by atoms with Gasteiger partial charge in [-0.25, -0.2) is 0 Å². The van der Waals surface area contributed by atoms with Crippen LogP contribution in [0, 0.1) is 0 Å². The molecule has 6 heteroatoms. The molecule has 2 rings (SSSR count). The number of benzene rings is 1. The average Bonchev–Trinajstić information content (AvgIpc) is 2.46. The molecule has 0 aliphatic carbocycles. The molecule has 1 aromatic rings. The van der Waals surface area contributed by atoms with Gasteiger partial charge in [-0.3, -0.25) is 9.59 Å². The van der Waals surface area contributed by atoms with Crippen molar-refractivity contribution in [3.05, 3.63) is 29.8 Å². The summed E-state index contributed by atoms with van der Waals surface area (Å²) in [6.07, 6.45) is 2.04. The van der Waals surface area contributed by atoms with Gasteiger partial charge in [0, 0.05) is 18.2 Å². The molecule has 0 bridgehead atoms. The summed E-state index contributed by atoms with van der Waals surface area (Å²) in [6, 6.07) is 6.87. The van der Waals surface area contributed by atoms with Crippen LogP contribution in [0.2, 0.25) is 0 Å². The molecule has 0 aromatic heterocycles. The van der Waals surface area contributed by atoms with E-state index in [1.807, 2.05) is 0 Å². The van der Waals surface area contributed by atoms with Gasteiger partial charge in [-0.1, -0.05) is 6.07 Å². The number of carbonyl (C=O) groups excluding carboxylic acids is 2. The summed E-state index contributed by atoms with van der Waals surface area (Å²) in [7, 11) is 0. The molecule has 0 saturated carbocycles. The van der Waals surface area contributed by atoms with Crippen molar-refractivity contribution in [1.29, 1.82) is 0 Å². The third-order valence-electron chi connectivity index (χ3n) is 3.11. The standard InChI is InChI=1S/C14H19N3O3/c15-13(18)9-20-12-5-1-3-10(7-12)14(19)17-11-4-2-6-16-8-11/h1,3,5,7,11,16H,2,4,6,8-9H2,(H2,15,18)(H,17,19)/t11-/m0/s1. The smallest absolute Gasteiger partial charge is 0.255 e. The molecule has 0 spiro atoms. The van der Waals surface area contributed by atoms with E-state index in [0.29, 0.717) is 11.3 Å². The zero-order valence-corrected chi connectivity index (χ0v) is 11.2. The number of ether oxygens (including phenoxy) is 1. The van der Waals surface area contributed by atoms with Crippen LogP contribution in [-0.4, -0.2) is 37.6 Å². The highest BCUT2D eigenvalue weighted by atomic mass is 16.5. The Balaban J connectivity index is 1.94. The lowest BCUT2D eigenvalue weighted by molar-refractivity contribution is -0.119. The first-order valence-corrected chi connectivity index (χ1v) is 6.68. The van der Waals surface area contributed by atoms with Gasteiger partial charge in [0.15, 0.2) is 6.61 Å². The number of hydrogen-bond acceptors (Lipinski definition) is 4. The SMILES string of the molecule is NC(=O)COc1cccc(C(=O)N[C@H]2CCCNC2)c1. The van der Waals surface area contributed by atoms with Crippen molar-refractivity contribution in [2.75, 3.05) is 19.7 Å². The summed E-state index contributed by atoms with van der Waals surface area (Å²) >= 11 is 0. The van der Waals surface area contributed by atoms with Crippen molar-refractivity contribution < 1.29 is 14.3 Å². The lowest BCUT2D eigenvalue weighted by atomic mass is 10.1. The van der Waals surface area contributed by atoms with E-state index in [2.05, 4.69) is 10.6 Å². The molecular formula is C14H19N3O3. The monoisotopic (exact) mass is 277 g/mol. The second-order valence-corrected chi connectivity index (χ2v) is 4.80. The third kappa shape index (κ3) is 4.24. The van der Waals surface area contributed by atoms with Crippen molar-refractivity contribution in [3.63, 3.8) is 0 Å². The van der Waals surface area contributed by atoms with Gasteiger partial charge < -0.3 is 21.1 Å². The second-order valence-electron chi connectivity index (χ2n) is 4.80. The number of primary amides is 1. The number of nitrogens with one attached hydrogen (secondary N) is 2. The lowest BCUT2D eigenvalue weighted by Gasteiger charge is -2.23. The molecule has 0 unspecified atom stereocenters. The van der Waals surface area contributed by atoms with Crippen molar-refractivity contribution >= 4 is 11.8 Å². The minimum atomic E-state index is -0.548. The van der Waals surface area contributed by atoms with E-state index in [0.717, 1.165) is 25.9 Å². The number of hydrogen-bond donors (Lipinski definition) is 3. The molecule has 1 aromatic carbocycles. The van der Waals surface area contributed by atoms with E-state index in [-0.39, 0.29) is 18.6 Å². The summed E-state index contributed by atoms with van der Waals surface area (Å²) in [5.41, 5.74) is 5.52. The number of carbonyl (C=O) groups is 2. The predicted octanol–water partition coefficient (Wildman–Crippen LogP) is 0.0325. The van der Waals surface area contributed by atoms with Gasteiger partial charge in [-0.05, 0) is 37.6 Å². The molecule has 1 atom stereocenters. The minimum absolute atomic E-state index is 0.136. The van der Waals surface area contributed by atoms with Crippen LogP contribution < -0.4 is 21.1 Å². The van der Waals surface area contributed by atoms with Crippen LogP contribution in [0.25, 0.3) is 0 Å². The highest BCUT2D eigenvalue weighted by molar-refractivity contribution is 5.94. The predicted molar refractivity (Wildman–Crippen MR) is 74.5 cm³/mol. The first-order valence-electron chi connectivity index (χ1n) is 6.68. The summed E-state index contributed by atoms with van der Waals surface area (Å²) in [5.74, 6) is -0.227. The molecule has 108 valence electrons. The molecule has 1 fully saturated rings. The Morgan fingerprint density at radius 1 is 1.45 bits per heavy atom. The first-order chi connectivity index (χ1) is 9.65. The Hall–Kier alpha value is -2.08. The summed E-state index contributed by atoms with van der Waals surface area (Å²) in [4.78, 5) is 22.8. The number of rotatable bonds is 5. The van der Waals surface area contributed by atoms with Crippen molar-refractivity contribution in [1.82, 2.24) is 10.6 Å². The molecule has 1 saturated heterocycles. The zero-order chi connectivity index (χ0) is 14.4. The van der Waals surface area contributed by atoms with Crippen LogP contribution in [0.5, 0.6) is 5.75 Å². The maximum absolute atomic E-state index is 12.1. The summed E-state index contributed by atoms with van der Waals surface area (Å²) in [6.45, 7) is 1.60. The van der Waals surface area contributed by atoms with E-state index in [1.165, 1.54) is 0 Å². The van der Waals surface area contributed by atoms with Gasteiger partial charge in [0.05, 0.1) is 0 Å². The largest absolute Gasteiger partial charge is 0.484 e. The number of amides is 2. The maximum Gasteiger partial charge on any atom is 0.255 e. The highest BCUT2D eigenvalue weighted by Crippen LogP contribution is 2.13. The van der Waals surface area contributed by atoms with E-state index in [1.54, 1.807) is 24.3 Å². The van der Waals surface area contributed by atoms with Crippen molar-refractivity contribution in [2.24, 2.45) is 5.73 Å². The third-order valence-corrected chi connectivity index (χ3v) is 3.11. The lowest BCUT2D eigenvalue weighted by Crippen LogP contribution is -2.45. The summed E-state index contributed by atoms with van der Waals surface area (Å²) < 4.78 is 5.18. The molecule has 1 aliphatic heterocycles. The normalized spacial score (nSPS) is 18.3. The van der Waals surface area contributed by atoms with Crippen molar-refractivity contribution in [2.45, 2.75) is 18.9 Å². The first kappa shape index (κ1) is 14.3. The summed E-state index contributed by atoms with van der Waals surface area (Å²) in [5, 5.41) is 6.22. The van der Waals surface area contributed by atoms with E-state index in [9.17, 15) is 9.59 Å². The minimum Gasteiger partial charge on any atom is -0.484 e. The number of piperidine rings is 1. The molecule has 2 amide bonds. The van der Waals surface area contributed by atoms with Gasteiger partial charge in [0.2, 0.25) is 0 Å². The molecule has 1 aliphatic rings. The van der Waals surface area contributed by atoms with Gasteiger partial charge >= 0.3 is 0 Å². The van der Waals surface area contributed by atoms with Crippen LogP contribution in [-0.2, 0) is 4.79 Å². The van der Waals surface area contributed by atoms with Crippen LogP contribution in [0.4, 0.5) is 0 Å². The Labute approximate surface area is 117 Å². The number of nitrogens with two attached hydrogens (primary N) is 1. The van der Waals surface area contributed by atoms with E-state index < -0.39 is 5.91 Å². The topological polar surface area (TPSA) is 93.5 Å². The van der Waals surface area contributed by atoms with Gasteiger partial charge in [-0.15, -0.1) is 0 Å². The molecule has 1 heterocycles. The quantitative estimate of drug-likeness (QED) is 0.708. The van der Waals surface area contributed by atoms with Gasteiger partial charge in [0.1, 0.15) is 5.75 Å².